The van der Waals surface area contributed by atoms with Gasteiger partial charge < -0.3 is 15.2 Å². The van der Waals surface area contributed by atoms with Crippen LogP contribution in [-0.2, 0) is 5.54 Å². The number of nitrogens with two attached hydrogens (primary N) is 1. The lowest BCUT2D eigenvalue weighted by atomic mass is 9.75. The van der Waals surface area contributed by atoms with Crippen molar-refractivity contribution in [2.24, 2.45) is 5.73 Å². The van der Waals surface area contributed by atoms with Gasteiger partial charge >= 0.3 is 0 Å². The van der Waals surface area contributed by atoms with Crippen molar-refractivity contribution in [3.8, 4) is 11.5 Å². The Morgan fingerprint density at radius 3 is 2.55 bits per heavy atom. The number of rotatable bonds is 1. The highest BCUT2D eigenvalue weighted by Crippen LogP contribution is 2.46. The minimum Gasteiger partial charge on any atom is -0.489 e. The van der Waals surface area contributed by atoms with Crippen LogP contribution < -0.4 is 15.2 Å². The maximum Gasteiger partial charge on any atom is 0.164 e. The zero-order chi connectivity index (χ0) is 14.2. The summed E-state index contributed by atoms with van der Waals surface area (Å²) in [5.41, 5.74) is 8.47. The van der Waals surface area contributed by atoms with E-state index in [2.05, 4.69) is 6.92 Å². The van der Waals surface area contributed by atoms with Crippen LogP contribution in [0.5, 0.6) is 11.5 Å². The first-order chi connectivity index (χ1) is 9.62. The van der Waals surface area contributed by atoms with Gasteiger partial charge in [0.15, 0.2) is 11.5 Å². The Labute approximate surface area is 125 Å². The highest BCUT2D eigenvalue weighted by atomic mass is 35.5. The molecular formula is C16H22ClNO2. The van der Waals surface area contributed by atoms with Crippen molar-refractivity contribution in [1.29, 1.82) is 0 Å². The van der Waals surface area contributed by atoms with Gasteiger partial charge in [0, 0.05) is 28.6 Å². The minimum absolute atomic E-state index is 0.315. The summed E-state index contributed by atoms with van der Waals surface area (Å²) in [6.45, 7) is 3.42. The van der Waals surface area contributed by atoms with Gasteiger partial charge in [-0.25, -0.2) is 0 Å². The molecule has 1 heterocycles. The molecule has 1 aliphatic carbocycles. The molecule has 1 fully saturated rings. The third-order valence-corrected chi connectivity index (χ3v) is 4.77. The van der Waals surface area contributed by atoms with E-state index in [0.717, 1.165) is 46.9 Å². The van der Waals surface area contributed by atoms with Crippen molar-refractivity contribution < 1.29 is 9.47 Å². The van der Waals surface area contributed by atoms with Crippen molar-refractivity contribution in [2.75, 3.05) is 13.2 Å². The molecule has 4 heteroatoms. The van der Waals surface area contributed by atoms with Crippen LogP contribution >= 0.6 is 11.6 Å². The Balaban J connectivity index is 2.09. The summed E-state index contributed by atoms with van der Waals surface area (Å²) in [5, 5.41) is 0.719. The van der Waals surface area contributed by atoms with Crippen LogP contribution in [-0.4, -0.2) is 13.2 Å². The fourth-order valence-electron chi connectivity index (χ4n) is 3.48. The molecule has 1 aromatic rings. The highest BCUT2D eigenvalue weighted by molar-refractivity contribution is 6.31. The second-order valence-corrected chi connectivity index (χ2v) is 6.36. The molecule has 0 bridgehead atoms. The molecule has 0 atom stereocenters. The van der Waals surface area contributed by atoms with Gasteiger partial charge in [-0.2, -0.15) is 0 Å². The van der Waals surface area contributed by atoms with Crippen molar-refractivity contribution in [1.82, 2.24) is 0 Å². The van der Waals surface area contributed by atoms with E-state index >= 15 is 0 Å². The number of hydrogen-bond acceptors (Lipinski definition) is 3. The van der Waals surface area contributed by atoms with E-state index in [1.165, 1.54) is 19.3 Å². The first-order valence-electron chi connectivity index (χ1n) is 7.50. The van der Waals surface area contributed by atoms with Gasteiger partial charge in [0.05, 0.1) is 13.2 Å². The lowest BCUT2D eigenvalue weighted by Gasteiger charge is -2.36. The standard InChI is InChI=1S/C16H22ClNO2/c1-11-14(16(18)6-3-2-4-7-16)12(17)10-13-15(11)20-9-5-8-19-13/h10H,2-9,18H2,1H3. The fraction of sp³-hybridized carbons (Fsp3) is 0.625. The molecule has 0 aromatic heterocycles. The molecular weight excluding hydrogens is 274 g/mol. The molecule has 2 N–H and O–H groups in total. The quantitative estimate of drug-likeness (QED) is 0.854. The molecule has 2 aliphatic rings. The first-order valence-corrected chi connectivity index (χ1v) is 7.88. The van der Waals surface area contributed by atoms with Crippen LogP contribution in [0.2, 0.25) is 5.02 Å². The summed E-state index contributed by atoms with van der Waals surface area (Å²) in [4.78, 5) is 0. The van der Waals surface area contributed by atoms with Crippen LogP contribution in [0.25, 0.3) is 0 Å². The summed E-state index contributed by atoms with van der Waals surface area (Å²) < 4.78 is 11.6. The van der Waals surface area contributed by atoms with E-state index in [1.807, 2.05) is 6.07 Å². The molecule has 3 nitrogen and oxygen atoms in total. The lowest BCUT2D eigenvalue weighted by Crippen LogP contribution is -2.39. The van der Waals surface area contributed by atoms with Gasteiger partial charge in [0.2, 0.25) is 0 Å². The molecule has 1 saturated carbocycles. The normalized spacial score (nSPS) is 21.4. The largest absolute Gasteiger partial charge is 0.489 e. The average Bonchev–Trinajstić information content (AvgIpc) is 2.64. The Morgan fingerprint density at radius 2 is 1.80 bits per heavy atom. The topological polar surface area (TPSA) is 44.5 Å². The summed E-state index contributed by atoms with van der Waals surface area (Å²) >= 11 is 6.53. The summed E-state index contributed by atoms with van der Waals surface area (Å²) in [6.07, 6.45) is 6.48. The molecule has 0 radical (unpaired) electrons. The molecule has 0 spiro atoms. The van der Waals surface area contributed by atoms with E-state index in [1.54, 1.807) is 0 Å². The summed E-state index contributed by atoms with van der Waals surface area (Å²) in [5.74, 6) is 1.59. The van der Waals surface area contributed by atoms with E-state index in [-0.39, 0.29) is 5.54 Å². The van der Waals surface area contributed by atoms with Crippen LogP contribution in [0.4, 0.5) is 0 Å². The Morgan fingerprint density at radius 1 is 1.10 bits per heavy atom. The number of benzene rings is 1. The van der Waals surface area contributed by atoms with Crippen LogP contribution in [0, 0.1) is 6.92 Å². The van der Waals surface area contributed by atoms with E-state index in [9.17, 15) is 0 Å². The zero-order valence-electron chi connectivity index (χ0n) is 12.0. The van der Waals surface area contributed by atoms with Crippen LogP contribution in [0.15, 0.2) is 6.07 Å². The van der Waals surface area contributed by atoms with E-state index < -0.39 is 0 Å². The highest BCUT2D eigenvalue weighted by Gasteiger charge is 2.35. The molecule has 20 heavy (non-hydrogen) atoms. The van der Waals surface area contributed by atoms with Crippen LogP contribution in [0.1, 0.15) is 49.7 Å². The van der Waals surface area contributed by atoms with Crippen molar-refractivity contribution in [2.45, 2.75) is 51.0 Å². The molecule has 0 saturated heterocycles. The average molecular weight is 296 g/mol. The maximum absolute atomic E-state index is 6.67. The number of fused-ring (bicyclic) bond motifs is 1. The molecule has 1 aromatic carbocycles. The van der Waals surface area contributed by atoms with Gasteiger partial charge in [0.25, 0.3) is 0 Å². The second kappa shape index (κ2) is 5.45. The Kier molecular flexibility index (Phi) is 3.83. The van der Waals surface area contributed by atoms with Gasteiger partial charge in [-0.1, -0.05) is 30.9 Å². The third kappa shape index (κ3) is 2.38. The lowest BCUT2D eigenvalue weighted by molar-refractivity contribution is 0.292. The number of ether oxygens (including phenoxy) is 2. The van der Waals surface area contributed by atoms with Crippen molar-refractivity contribution in [3.05, 3.63) is 22.2 Å². The van der Waals surface area contributed by atoms with E-state index in [4.69, 9.17) is 26.8 Å². The molecule has 110 valence electrons. The Hall–Kier alpha value is -0.930. The summed E-state index contributed by atoms with van der Waals surface area (Å²) in [6, 6.07) is 1.88. The summed E-state index contributed by atoms with van der Waals surface area (Å²) in [7, 11) is 0. The fourth-order valence-corrected chi connectivity index (χ4v) is 3.91. The minimum atomic E-state index is -0.315. The molecule has 3 rings (SSSR count). The predicted molar refractivity (Wildman–Crippen MR) is 80.7 cm³/mol. The van der Waals surface area contributed by atoms with Gasteiger partial charge in [-0.3, -0.25) is 0 Å². The predicted octanol–water partition coefficient (Wildman–Crippen LogP) is 3.93. The second-order valence-electron chi connectivity index (χ2n) is 5.95. The number of halogens is 1. The Bertz CT molecular complexity index is 510. The van der Waals surface area contributed by atoms with Gasteiger partial charge in [-0.05, 0) is 25.3 Å². The first kappa shape index (κ1) is 14.0. The number of hydrogen-bond donors (Lipinski definition) is 1. The van der Waals surface area contributed by atoms with Gasteiger partial charge in [0.1, 0.15) is 0 Å². The van der Waals surface area contributed by atoms with Crippen LogP contribution in [0.3, 0.4) is 0 Å². The zero-order valence-corrected chi connectivity index (χ0v) is 12.8. The van der Waals surface area contributed by atoms with Crippen molar-refractivity contribution >= 4 is 11.6 Å². The molecule has 1 aliphatic heterocycles. The smallest absolute Gasteiger partial charge is 0.164 e. The third-order valence-electron chi connectivity index (χ3n) is 4.47. The molecule has 0 unspecified atom stereocenters. The maximum atomic E-state index is 6.67. The van der Waals surface area contributed by atoms with Crippen molar-refractivity contribution in [3.63, 3.8) is 0 Å². The van der Waals surface area contributed by atoms with E-state index in [0.29, 0.717) is 13.2 Å². The van der Waals surface area contributed by atoms with Gasteiger partial charge in [-0.15, -0.1) is 0 Å². The SMILES string of the molecule is Cc1c2c(cc(Cl)c1C1(N)CCCCC1)OCCCO2. The monoisotopic (exact) mass is 295 g/mol. The molecule has 0 amide bonds.